The lowest BCUT2D eigenvalue weighted by molar-refractivity contribution is 0.0969. The number of allylic oxidation sites excluding steroid dienone is 1. The molecule has 0 radical (unpaired) electrons. The Bertz CT molecular complexity index is 516. The molecule has 0 unspecified atom stereocenters. The molecule has 2 aromatic rings. The molecular formula is C12H10N2O2. The van der Waals surface area contributed by atoms with Gasteiger partial charge in [-0.2, -0.15) is 0 Å². The lowest BCUT2D eigenvalue weighted by Crippen LogP contribution is -2.03. The number of hydrogen-bond donors (Lipinski definition) is 1. The Hall–Kier alpha value is -2.36. The molecule has 1 aromatic heterocycles. The number of phenolic OH excluding ortho intramolecular Hbond substituents is 1. The van der Waals surface area contributed by atoms with Crippen LogP contribution in [-0.4, -0.2) is 20.6 Å². The van der Waals surface area contributed by atoms with Crippen molar-refractivity contribution in [2.75, 3.05) is 0 Å². The average Bonchev–Trinajstić information content (AvgIpc) is 2.81. The first kappa shape index (κ1) is 10.2. The SMILES string of the molecule is O=C(/C=C/c1ccccc1O)n1ccnc1. The highest BCUT2D eigenvalue weighted by atomic mass is 16.3. The van der Waals surface area contributed by atoms with Crippen molar-refractivity contribution in [2.45, 2.75) is 0 Å². The zero-order valence-corrected chi connectivity index (χ0v) is 8.45. The molecule has 0 bridgehead atoms. The van der Waals surface area contributed by atoms with Crippen LogP contribution in [0.2, 0.25) is 0 Å². The fourth-order valence-corrected chi connectivity index (χ4v) is 1.27. The highest BCUT2D eigenvalue weighted by Gasteiger charge is 1.99. The monoisotopic (exact) mass is 214 g/mol. The van der Waals surface area contributed by atoms with E-state index in [1.165, 1.54) is 23.2 Å². The lowest BCUT2D eigenvalue weighted by atomic mass is 10.2. The Kier molecular flexibility index (Phi) is 2.82. The number of carbonyl (C=O) groups excluding carboxylic acids is 1. The van der Waals surface area contributed by atoms with Gasteiger partial charge in [0.2, 0.25) is 0 Å². The number of aromatic hydroxyl groups is 1. The Labute approximate surface area is 92.5 Å². The predicted octanol–water partition coefficient (Wildman–Crippen LogP) is 1.94. The summed E-state index contributed by atoms with van der Waals surface area (Å²) in [5, 5.41) is 9.47. The molecule has 1 aromatic carbocycles. The quantitative estimate of drug-likeness (QED) is 0.777. The predicted molar refractivity (Wildman–Crippen MR) is 60.0 cm³/mol. The summed E-state index contributed by atoms with van der Waals surface area (Å²) >= 11 is 0. The Balaban J connectivity index is 2.16. The molecular weight excluding hydrogens is 204 g/mol. The van der Waals surface area contributed by atoms with Gasteiger partial charge in [-0.05, 0) is 12.1 Å². The van der Waals surface area contributed by atoms with Crippen LogP contribution in [0.25, 0.3) is 6.08 Å². The highest BCUT2D eigenvalue weighted by Crippen LogP contribution is 2.16. The van der Waals surface area contributed by atoms with Gasteiger partial charge in [0.25, 0.3) is 5.91 Å². The normalized spacial score (nSPS) is 10.8. The van der Waals surface area contributed by atoms with Gasteiger partial charge in [0, 0.05) is 24.0 Å². The van der Waals surface area contributed by atoms with E-state index in [-0.39, 0.29) is 11.7 Å². The minimum absolute atomic E-state index is 0.150. The molecule has 0 saturated heterocycles. The molecule has 0 aliphatic heterocycles. The summed E-state index contributed by atoms with van der Waals surface area (Å²) in [7, 11) is 0. The first-order valence-electron chi connectivity index (χ1n) is 4.76. The molecule has 0 saturated carbocycles. The molecule has 80 valence electrons. The van der Waals surface area contributed by atoms with E-state index in [1.807, 2.05) is 0 Å². The maximum atomic E-state index is 11.5. The third kappa shape index (κ3) is 2.17. The minimum atomic E-state index is -0.208. The van der Waals surface area contributed by atoms with E-state index in [0.717, 1.165) is 0 Å². The van der Waals surface area contributed by atoms with Gasteiger partial charge in [0.15, 0.2) is 0 Å². The number of para-hydroxylation sites is 1. The Morgan fingerprint density at radius 2 is 2.19 bits per heavy atom. The van der Waals surface area contributed by atoms with Crippen LogP contribution in [0.5, 0.6) is 5.75 Å². The Morgan fingerprint density at radius 1 is 1.38 bits per heavy atom. The number of benzene rings is 1. The summed E-state index contributed by atoms with van der Waals surface area (Å²) in [4.78, 5) is 15.3. The second-order valence-corrected chi connectivity index (χ2v) is 3.20. The first-order valence-corrected chi connectivity index (χ1v) is 4.76. The van der Waals surface area contributed by atoms with Crippen molar-refractivity contribution < 1.29 is 9.90 Å². The maximum Gasteiger partial charge on any atom is 0.255 e. The van der Waals surface area contributed by atoms with Crippen molar-refractivity contribution in [1.29, 1.82) is 0 Å². The zero-order chi connectivity index (χ0) is 11.4. The van der Waals surface area contributed by atoms with Gasteiger partial charge in [0.05, 0.1) is 0 Å². The number of nitrogens with zero attached hydrogens (tertiary/aromatic N) is 2. The summed E-state index contributed by atoms with van der Waals surface area (Å²) in [5.41, 5.74) is 0.607. The van der Waals surface area contributed by atoms with E-state index >= 15 is 0 Å². The first-order chi connectivity index (χ1) is 7.77. The summed E-state index contributed by atoms with van der Waals surface area (Å²) in [6.45, 7) is 0. The van der Waals surface area contributed by atoms with Crippen molar-refractivity contribution in [3.05, 3.63) is 54.6 Å². The van der Waals surface area contributed by atoms with Gasteiger partial charge in [-0.15, -0.1) is 0 Å². The van der Waals surface area contributed by atoms with E-state index in [9.17, 15) is 9.90 Å². The van der Waals surface area contributed by atoms with Crippen LogP contribution in [0.4, 0.5) is 0 Å². The summed E-state index contributed by atoms with van der Waals surface area (Å²) in [6, 6.07) is 6.82. The number of aromatic nitrogens is 2. The minimum Gasteiger partial charge on any atom is -0.507 e. The zero-order valence-electron chi connectivity index (χ0n) is 8.45. The van der Waals surface area contributed by atoms with Crippen LogP contribution < -0.4 is 0 Å². The van der Waals surface area contributed by atoms with Gasteiger partial charge in [0.1, 0.15) is 12.1 Å². The molecule has 4 heteroatoms. The lowest BCUT2D eigenvalue weighted by Gasteiger charge is -1.97. The van der Waals surface area contributed by atoms with Crippen LogP contribution in [0.1, 0.15) is 10.4 Å². The molecule has 0 amide bonds. The van der Waals surface area contributed by atoms with Gasteiger partial charge < -0.3 is 5.11 Å². The molecule has 0 atom stereocenters. The number of rotatable bonds is 2. The van der Waals surface area contributed by atoms with E-state index in [0.29, 0.717) is 5.56 Å². The molecule has 16 heavy (non-hydrogen) atoms. The number of phenols is 1. The standard InChI is InChI=1S/C12H10N2O2/c15-11-4-2-1-3-10(11)5-6-12(16)14-8-7-13-9-14/h1-9,15H/b6-5+. The summed E-state index contributed by atoms with van der Waals surface area (Å²) in [5.74, 6) is -0.0575. The van der Waals surface area contributed by atoms with Crippen molar-refractivity contribution in [1.82, 2.24) is 9.55 Å². The van der Waals surface area contributed by atoms with Crippen LogP contribution in [0, 0.1) is 0 Å². The molecule has 0 spiro atoms. The third-order valence-corrected chi connectivity index (χ3v) is 2.10. The van der Waals surface area contributed by atoms with Crippen LogP contribution >= 0.6 is 0 Å². The van der Waals surface area contributed by atoms with E-state index in [1.54, 1.807) is 36.5 Å². The molecule has 1 N–H and O–H groups in total. The van der Waals surface area contributed by atoms with Gasteiger partial charge in [-0.1, -0.05) is 18.2 Å². The van der Waals surface area contributed by atoms with E-state index in [4.69, 9.17) is 0 Å². The second-order valence-electron chi connectivity index (χ2n) is 3.20. The molecule has 0 aliphatic carbocycles. The third-order valence-electron chi connectivity index (χ3n) is 2.10. The fraction of sp³-hybridized carbons (Fsp3) is 0. The van der Waals surface area contributed by atoms with Gasteiger partial charge >= 0.3 is 0 Å². The van der Waals surface area contributed by atoms with Crippen molar-refractivity contribution in [3.63, 3.8) is 0 Å². The van der Waals surface area contributed by atoms with Crippen molar-refractivity contribution in [3.8, 4) is 5.75 Å². The second kappa shape index (κ2) is 4.44. The number of hydrogen-bond acceptors (Lipinski definition) is 3. The summed E-state index contributed by atoms with van der Waals surface area (Å²) < 4.78 is 1.36. The maximum absolute atomic E-state index is 11.5. The molecule has 2 rings (SSSR count). The molecule has 4 nitrogen and oxygen atoms in total. The highest BCUT2D eigenvalue weighted by molar-refractivity contribution is 5.93. The molecule has 0 fully saturated rings. The Morgan fingerprint density at radius 3 is 2.88 bits per heavy atom. The molecule has 0 aliphatic rings. The van der Waals surface area contributed by atoms with Crippen LogP contribution in [-0.2, 0) is 0 Å². The van der Waals surface area contributed by atoms with Crippen molar-refractivity contribution >= 4 is 12.0 Å². The van der Waals surface area contributed by atoms with Crippen LogP contribution in [0.3, 0.4) is 0 Å². The number of imidazole rings is 1. The smallest absolute Gasteiger partial charge is 0.255 e. The fourth-order valence-electron chi connectivity index (χ4n) is 1.27. The topological polar surface area (TPSA) is 55.1 Å². The number of carbonyl (C=O) groups is 1. The molecule has 1 heterocycles. The van der Waals surface area contributed by atoms with Crippen LogP contribution in [0.15, 0.2) is 49.1 Å². The largest absolute Gasteiger partial charge is 0.507 e. The van der Waals surface area contributed by atoms with E-state index in [2.05, 4.69) is 4.98 Å². The van der Waals surface area contributed by atoms with Gasteiger partial charge in [-0.25, -0.2) is 4.98 Å². The van der Waals surface area contributed by atoms with E-state index < -0.39 is 0 Å². The van der Waals surface area contributed by atoms with Gasteiger partial charge in [-0.3, -0.25) is 9.36 Å². The van der Waals surface area contributed by atoms with Crippen molar-refractivity contribution in [2.24, 2.45) is 0 Å². The summed E-state index contributed by atoms with van der Waals surface area (Å²) in [6.07, 6.45) is 7.48. The average molecular weight is 214 g/mol.